The van der Waals surface area contributed by atoms with Crippen LogP contribution in [0.2, 0.25) is 0 Å². The monoisotopic (exact) mass is 221 g/mol. The van der Waals surface area contributed by atoms with Gasteiger partial charge < -0.3 is 4.74 Å². The van der Waals surface area contributed by atoms with Crippen LogP contribution in [0.4, 0.5) is 0 Å². The Hall–Kier alpha value is -0.590. The molecule has 1 rings (SSSR count). The van der Waals surface area contributed by atoms with Crippen molar-refractivity contribution >= 4 is 21.4 Å². The third-order valence-corrected chi connectivity index (χ3v) is 3.72. The average Bonchev–Trinajstić information content (AvgIpc) is 2.47. The molecule has 1 aromatic heterocycles. The molecule has 4 nitrogen and oxygen atoms in total. The Morgan fingerprint density at radius 3 is 2.69 bits per heavy atom. The molecule has 0 atom stereocenters. The van der Waals surface area contributed by atoms with E-state index in [2.05, 4.69) is 0 Å². The van der Waals surface area contributed by atoms with Gasteiger partial charge in [0, 0.05) is 0 Å². The van der Waals surface area contributed by atoms with E-state index in [9.17, 15) is 8.42 Å². The molecule has 0 radical (unpaired) electrons. The van der Waals surface area contributed by atoms with Crippen LogP contribution in [0, 0.1) is 0 Å². The topological polar surface area (TPSA) is 69.4 Å². The highest BCUT2D eigenvalue weighted by atomic mass is 32.2. The van der Waals surface area contributed by atoms with Crippen molar-refractivity contribution in [1.29, 1.82) is 0 Å². The molecule has 6 heteroatoms. The number of primary sulfonamides is 1. The summed E-state index contributed by atoms with van der Waals surface area (Å²) in [4.78, 5) is 0. The van der Waals surface area contributed by atoms with Crippen molar-refractivity contribution in [3.8, 4) is 5.06 Å². The predicted octanol–water partition coefficient (Wildman–Crippen LogP) is 1.18. The maximum absolute atomic E-state index is 10.9. The van der Waals surface area contributed by atoms with Gasteiger partial charge in [-0.3, -0.25) is 0 Å². The van der Waals surface area contributed by atoms with Crippen molar-refractivity contribution in [2.75, 3.05) is 6.61 Å². The molecule has 0 fully saturated rings. The molecule has 0 aromatic carbocycles. The van der Waals surface area contributed by atoms with Gasteiger partial charge in [0.1, 0.15) is 4.21 Å². The lowest BCUT2D eigenvalue weighted by molar-refractivity contribution is 0.326. The molecule has 0 bridgehead atoms. The summed E-state index contributed by atoms with van der Waals surface area (Å²) in [6, 6.07) is 3.06. The molecule has 0 spiro atoms. The van der Waals surface area contributed by atoms with E-state index in [-0.39, 0.29) is 4.21 Å². The fraction of sp³-hybridized carbons (Fsp3) is 0.429. The molecule has 0 aliphatic rings. The second-order valence-corrected chi connectivity index (χ2v) is 5.30. The number of ether oxygens (including phenoxy) is 1. The highest BCUT2D eigenvalue weighted by Crippen LogP contribution is 2.27. The van der Waals surface area contributed by atoms with E-state index in [1.54, 1.807) is 6.07 Å². The first-order chi connectivity index (χ1) is 6.04. The van der Waals surface area contributed by atoms with Crippen LogP contribution in [-0.2, 0) is 10.0 Å². The van der Waals surface area contributed by atoms with Gasteiger partial charge in [-0.1, -0.05) is 18.3 Å². The van der Waals surface area contributed by atoms with Crippen LogP contribution < -0.4 is 9.88 Å². The summed E-state index contributed by atoms with van der Waals surface area (Å²) in [6.07, 6.45) is 0.891. The van der Waals surface area contributed by atoms with Gasteiger partial charge in [0.15, 0.2) is 5.06 Å². The molecular weight excluding hydrogens is 210 g/mol. The summed E-state index contributed by atoms with van der Waals surface area (Å²) in [5.74, 6) is 0. The van der Waals surface area contributed by atoms with Crippen LogP contribution in [0.15, 0.2) is 16.3 Å². The number of hydrogen-bond donors (Lipinski definition) is 1. The zero-order valence-corrected chi connectivity index (χ0v) is 8.82. The van der Waals surface area contributed by atoms with E-state index < -0.39 is 10.0 Å². The minimum atomic E-state index is -3.57. The van der Waals surface area contributed by atoms with E-state index in [1.807, 2.05) is 6.92 Å². The summed E-state index contributed by atoms with van der Waals surface area (Å²) < 4.78 is 27.1. The zero-order chi connectivity index (χ0) is 9.90. The third kappa shape index (κ3) is 2.98. The van der Waals surface area contributed by atoms with Crippen molar-refractivity contribution in [3.05, 3.63) is 12.1 Å². The Bertz CT molecular complexity index is 369. The summed E-state index contributed by atoms with van der Waals surface area (Å²) in [5.41, 5.74) is 0. The van der Waals surface area contributed by atoms with Crippen LogP contribution in [-0.4, -0.2) is 15.0 Å². The van der Waals surface area contributed by atoms with Crippen LogP contribution in [0.25, 0.3) is 0 Å². The Labute approximate surface area is 81.4 Å². The van der Waals surface area contributed by atoms with Gasteiger partial charge in [0.25, 0.3) is 0 Å². The number of rotatable bonds is 4. The minimum absolute atomic E-state index is 0.138. The van der Waals surface area contributed by atoms with E-state index in [0.29, 0.717) is 11.7 Å². The summed E-state index contributed by atoms with van der Waals surface area (Å²) in [7, 11) is -3.57. The highest BCUT2D eigenvalue weighted by molar-refractivity contribution is 7.91. The van der Waals surface area contributed by atoms with Gasteiger partial charge in [-0.05, 0) is 18.6 Å². The maximum Gasteiger partial charge on any atom is 0.247 e. The zero-order valence-electron chi connectivity index (χ0n) is 7.19. The molecule has 0 unspecified atom stereocenters. The first-order valence-corrected chi connectivity index (χ1v) is 6.15. The number of nitrogens with two attached hydrogens (primary N) is 1. The summed E-state index contributed by atoms with van der Waals surface area (Å²) in [5, 5.41) is 5.51. The molecule has 1 aromatic rings. The Morgan fingerprint density at radius 2 is 2.23 bits per heavy atom. The molecule has 2 N–H and O–H groups in total. The lowest BCUT2D eigenvalue weighted by atomic mass is 10.5. The Morgan fingerprint density at radius 1 is 1.54 bits per heavy atom. The molecule has 1 heterocycles. The van der Waals surface area contributed by atoms with Gasteiger partial charge in [-0.25, -0.2) is 13.6 Å². The Kier molecular flexibility index (Phi) is 3.29. The van der Waals surface area contributed by atoms with Crippen LogP contribution in [0.5, 0.6) is 5.06 Å². The summed E-state index contributed by atoms with van der Waals surface area (Å²) in [6.45, 7) is 2.57. The second kappa shape index (κ2) is 4.08. The molecule has 0 amide bonds. The SMILES string of the molecule is CCCOc1ccc(S(N)(=O)=O)s1. The quantitative estimate of drug-likeness (QED) is 0.830. The van der Waals surface area contributed by atoms with E-state index in [0.717, 1.165) is 17.8 Å². The van der Waals surface area contributed by atoms with Crippen molar-refractivity contribution in [2.24, 2.45) is 5.14 Å². The van der Waals surface area contributed by atoms with Gasteiger partial charge in [0.2, 0.25) is 10.0 Å². The van der Waals surface area contributed by atoms with Crippen LogP contribution in [0.1, 0.15) is 13.3 Å². The smallest absolute Gasteiger partial charge is 0.247 e. The van der Waals surface area contributed by atoms with Crippen molar-refractivity contribution in [2.45, 2.75) is 17.6 Å². The Balaban J connectivity index is 2.76. The largest absolute Gasteiger partial charge is 0.484 e. The first kappa shape index (κ1) is 10.5. The molecule has 74 valence electrons. The normalized spacial score (nSPS) is 11.5. The molecule has 0 saturated heterocycles. The predicted molar refractivity (Wildman–Crippen MR) is 51.5 cm³/mol. The number of hydrogen-bond acceptors (Lipinski definition) is 4. The van der Waals surface area contributed by atoms with Crippen molar-refractivity contribution < 1.29 is 13.2 Å². The van der Waals surface area contributed by atoms with E-state index in [1.165, 1.54) is 6.07 Å². The average molecular weight is 221 g/mol. The van der Waals surface area contributed by atoms with Crippen molar-refractivity contribution in [3.63, 3.8) is 0 Å². The first-order valence-electron chi connectivity index (χ1n) is 3.79. The maximum atomic E-state index is 10.9. The number of thiophene rings is 1. The molecule has 0 aliphatic heterocycles. The lowest BCUT2D eigenvalue weighted by Gasteiger charge is -1.98. The molecule has 0 aliphatic carbocycles. The van der Waals surface area contributed by atoms with Gasteiger partial charge in [-0.15, -0.1) is 0 Å². The number of sulfonamides is 1. The van der Waals surface area contributed by atoms with Crippen molar-refractivity contribution in [1.82, 2.24) is 0 Å². The lowest BCUT2D eigenvalue weighted by Crippen LogP contribution is -2.09. The van der Waals surface area contributed by atoms with Crippen LogP contribution >= 0.6 is 11.3 Å². The van der Waals surface area contributed by atoms with Gasteiger partial charge in [0.05, 0.1) is 6.61 Å². The highest BCUT2D eigenvalue weighted by Gasteiger charge is 2.11. The standard InChI is InChI=1S/C7H11NO3S2/c1-2-5-11-6-3-4-7(12-6)13(8,9)10/h3-4H,2,5H2,1H3,(H2,8,9,10). The fourth-order valence-corrected chi connectivity index (χ4v) is 2.32. The third-order valence-electron chi connectivity index (χ3n) is 1.29. The molecule has 13 heavy (non-hydrogen) atoms. The minimum Gasteiger partial charge on any atom is -0.484 e. The van der Waals surface area contributed by atoms with Crippen LogP contribution in [0.3, 0.4) is 0 Å². The van der Waals surface area contributed by atoms with Gasteiger partial charge in [-0.2, -0.15) is 0 Å². The van der Waals surface area contributed by atoms with E-state index >= 15 is 0 Å². The second-order valence-electron chi connectivity index (χ2n) is 2.47. The molecule has 0 saturated carbocycles. The van der Waals surface area contributed by atoms with E-state index in [4.69, 9.17) is 9.88 Å². The van der Waals surface area contributed by atoms with Gasteiger partial charge >= 0.3 is 0 Å². The summed E-state index contributed by atoms with van der Waals surface area (Å²) >= 11 is 1.04. The fourth-order valence-electron chi connectivity index (χ4n) is 0.736. The molecular formula is C7H11NO3S2.